The maximum absolute atomic E-state index is 5.75. The lowest BCUT2D eigenvalue weighted by Crippen LogP contribution is -2.37. The number of hydrogen-bond acceptors (Lipinski definition) is 3. The van der Waals surface area contributed by atoms with Crippen molar-refractivity contribution in [3.05, 3.63) is 24.3 Å². The van der Waals surface area contributed by atoms with Crippen LogP contribution in [0.4, 0.5) is 0 Å². The number of rotatable bonds is 5. The van der Waals surface area contributed by atoms with Crippen molar-refractivity contribution in [2.75, 3.05) is 33.4 Å². The molecule has 1 fully saturated rings. The molecule has 3 nitrogen and oxygen atoms in total. The SMILES string of the molecule is COc1ccc(OCCN2CCC[C@@H](C)C2)cc1. The maximum atomic E-state index is 5.75. The van der Waals surface area contributed by atoms with Gasteiger partial charge in [0.1, 0.15) is 18.1 Å². The lowest BCUT2D eigenvalue weighted by Gasteiger charge is -2.30. The molecule has 0 N–H and O–H groups in total. The second kappa shape index (κ2) is 6.64. The van der Waals surface area contributed by atoms with Gasteiger partial charge >= 0.3 is 0 Å². The number of ether oxygens (including phenoxy) is 2. The van der Waals surface area contributed by atoms with Crippen LogP contribution in [-0.2, 0) is 0 Å². The van der Waals surface area contributed by atoms with Gasteiger partial charge in [-0.25, -0.2) is 0 Å². The van der Waals surface area contributed by atoms with Crippen molar-refractivity contribution in [3.63, 3.8) is 0 Å². The zero-order valence-corrected chi connectivity index (χ0v) is 11.4. The number of nitrogens with zero attached hydrogens (tertiary/aromatic N) is 1. The summed E-state index contributed by atoms with van der Waals surface area (Å²) in [6, 6.07) is 7.77. The molecule has 0 unspecified atom stereocenters. The van der Waals surface area contributed by atoms with Gasteiger partial charge in [-0.3, -0.25) is 4.90 Å². The Bertz CT molecular complexity index is 350. The molecule has 1 atom stereocenters. The molecule has 0 aromatic heterocycles. The summed E-state index contributed by atoms with van der Waals surface area (Å²) in [4.78, 5) is 2.50. The summed E-state index contributed by atoms with van der Waals surface area (Å²) in [6.07, 6.45) is 2.69. The summed E-state index contributed by atoms with van der Waals surface area (Å²) in [6.45, 7) is 6.55. The van der Waals surface area contributed by atoms with Crippen LogP contribution in [-0.4, -0.2) is 38.3 Å². The van der Waals surface area contributed by atoms with E-state index in [9.17, 15) is 0 Å². The molecule has 1 aliphatic rings. The molecule has 100 valence electrons. The quantitative estimate of drug-likeness (QED) is 0.801. The molecule has 3 heteroatoms. The minimum Gasteiger partial charge on any atom is -0.497 e. The zero-order valence-electron chi connectivity index (χ0n) is 11.4. The van der Waals surface area contributed by atoms with Gasteiger partial charge in [0.25, 0.3) is 0 Å². The van der Waals surface area contributed by atoms with E-state index in [0.29, 0.717) is 0 Å². The minimum absolute atomic E-state index is 0.763. The Balaban J connectivity index is 1.70. The first-order valence-electron chi connectivity index (χ1n) is 6.77. The zero-order chi connectivity index (χ0) is 12.8. The smallest absolute Gasteiger partial charge is 0.119 e. The Labute approximate surface area is 110 Å². The number of benzene rings is 1. The lowest BCUT2D eigenvalue weighted by molar-refractivity contribution is 0.153. The maximum Gasteiger partial charge on any atom is 0.119 e. The highest BCUT2D eigenvalue weighted by Crippen LogP contribution is 2.18. The molecule has 1 aromatic rings. The van der Waals surface area contributed by atoms with E-state index in [1.54, 1.807) is 7.11 Å². The van der Waals surface area contributed by atoms with Gasteiger partial charge in [0, 0.05) is 13.1 Å². The van der Waals surface area contributed by atoms with Crippen molar-refractivity contribution in [2.24, 2.45) is 5.92 Å². The van der Waals surface area contributed by atoms with Gasteiger partial charge in [0.2, 0.25) is 0 Å². The summed E-state index contributed by atoms with van der Waals surface area (Å²) >= 11 is 0. The monoisotopic (exact) mass is 249 g/mol. The highest BCUT2D eigenvalue weighted by Gasteiger charge is 2.15. The van der Waals surface area contributed by atoms with Gasteiger partial charge < -0.3 is 9.47 Å². The molecular weight excluding hydrogens is 226 g/mol. The molecule has 0 saturated carbocycles. The van der Waals surface area contributed by atoms with Crippen LogP contribution in [0.5, 0.6) is 11.5 Å². The lowest BCUT2D eigenvalue weighted by atomic mass is 10.0. The van der Waals surface area contributed by atoms with E-state index in [2.05, 4.69) is 11.8 Å². The fourth-order valence-corrected chi connectivity index (χ4v) is 2.45. The van der Waals surface area contributed by atoms with E-state index in [1.807, 2.05) is 24.3 Å². The molecule has 0 bridgehead atoms. The molecule has 1 saturated heterocycles. The Morgan fingerprint density at radius 1 is 1.22 bits per heavy atom. The van der Waals surface area contributed by atoms with Gasteiger partial charge in [-0.05, 0) is 49.6 Å². The Morgan fingerprint density at radius 3 is 2.61 bits per heavy atom. The van der Waals surface area contributed by atoms with E-state index < -0.39 is 0 Å². The highest BCUT2D eigenvalue weighted by molar-refractivity contribution is 5.31. The first-order chi connectivity index (χ1) is 8.78. The van der Waals surface area contributed by atoms with Crippen LogP contribution in [0.3, 0.4) is 0 Å². The van der Waals surface area contributed by atoms with Crippen molar-refractivity contribution in [3.8, 4) is 11.5 Å². The van der Waals surface area contributed by atoms with E-state index in [0.717, 1.165) is 30.6 Å². The van der Waals surface area contributed by atoms with Crippen molar-refractivity contribution in [2.45, 2.75) is 19.8 Å². The third-order valence-corrected chi connectivity index (χ3v) is 3.48. The number of likely N-dealkylation sites (tertiary alicyclic amines) is 1. The van der Waals surface area contributed by atoms with Crippen molar-refractivity contribution < 1.29 is 9.47 Å². The second-order valence-electron chi connectivity index (χ2n) is 5.07. The van der Waals surface area contributed by atoms with Crippen LogP contribution < -0.4 is 9.47 Å². The predicted molar refractivity (Wildman–Crippen MR) is 73.3 cm³/mol. The summed E-state index contributed by atoms with van der Waals surface area (Å²) in [5.74, 6) is 2.62. The minimum atomic E-state index is 0.763. The van der Waals surface area contributed by atoms with Crippen LogP contribution in [0.1, 0.15) is 19.8 Å². The van der Waals surface area contributed by atoms with E-state index >= 15 is 0 Å². The summed E-state index contributed by atoms with van der Waals surface area (Å²) in [7, 11) is 1.67. The van der Waals surface area contributed by atoms with Gasteiger partial charge in [0.05, 0.1) is 7.11 Å². The van der Waals surface area contributed by atoms with Crippen LogP contribution in [0.15, 0.2) is 24.3 Å². The third kappa shape index (κ3) is 3.91. The van der Waals surface area contributed by atoms with Gasteiger partial charge in [0.15, 0.2) is 0 Å². The summed E-state index contributed by atoms with van der Waals surface area (Å²) in [5.41, 5.74) is 0. The average molecular weight is 249 g/mol. The average Bonchev–Trinajstić information content (AvgIpc) is 2.40. The molecule has 1 aliphatic heterocycles. The normalized spacial score (nSPS) is 20.7. The Hall–Kier alpha value is -1.22. The molecule has 0 radical (unpaired) electrons. The summed E-state index contributed by atoms with van der Waals surface area (Å²) in [5, 5.41) is 0. The predicted octanol–water partition coefficient (Wildman–Crippen LogP) is 2.81. The first-order valence-corrected chi connectivity index (χ1v) is 6.77. The molecule has 1 heterocycles. The fourth-order valence-electron chi connectivity index (χ4n) is 2.45. The van der Waals surface area contributed by atoms with Gasteiger partial charge in [-0.1, -0.05) is 6.92 Å². The van der Waals surface area contributed by atoms with E-state index in [-0.39, 0.29) is 0 Å². The van der Waals surface area contributed by atoms with Crippen molar-refractivity contribution >= 4 is 0 Å². The van der Waals surface area contributed by atoms with Crippen LogP contribution in [0.2, 0.25) is 0 Å². The largest absolute Gasteiger partial charge is 0.497 e. The Kier molecular flexibility index (Phi) is 4.88. The summed E-state index contributed by atoms with van der Waals surface area (Å²) < 4.78 is 10.9. The van der Waals surface area contributed by atoms with E-state index in [1.165, 1.54) is 25.9 Å². The molecule has 18 heavy (non-hydrogen) atoms. The third-order valence-electron chi connectivity index (χ3n) is 3.48. The van der Waals surface area contributed by atoms with Crippen LogP contribution in [0, 0.1) is 5.92 Å². The standard InChI is InChI=1S/C15H23NO2/c1-13-4-3-9-16(12-13)10-11-18-15-7-5-14(17-2)6-8-15/h5-8,13H,3-4,9-12H2,1-2H3/t13-/m1/s1. The molecule has 0 aliphatic carbocycles. The fraction of sp³-hybridized carbons (Fsp3) is 0.600. The van der Waals surface area contributed by atoms with Gasteiger partial charge in [-0.15, -0.1) is 0 Å². The van der Waals surface area contributed by atoms with Crippen LogP contribution >= 0.6 is 0 Å². The number of hydrogen-bond donors (Lipinski definition) is 0. The van der Waals surface area contributed by atoms with Crippen LogP contribution in [0.25, 0.3) is 0 Å². The molecular formula is C15H23NO2. The Morgan fingerprint density at radius 2 is 1.94 bits per heavy atom. The van der Waals surface area contributed by atoms with Crippen molar-refractivity contribution in [1.82, 2.24) is 4.90 Å². The van der Waals surface area contributed by atoms with Gasteiger partial charge in [-0.2, -0.15) is 0 Å². The number of piperidine rings is 1. The molecule has 2 rings (SSSR count). The molecule has 1 aromatic carbocycles. The second-order valence-corrected chi connectivity index (χ2v) is 5.07. The van der Waals surface area contributed by atoms with E-state index in [4.69, 9.17) is 9.47 Å². The van der Waals surface area contributed by atoms with Crippen molar-refractivity contribution in [1.29, 1.82) is 0 Å². The molecule has 0 spiro atoms. The molecule has 0 amide bonds. The number of methoxy groups -OCH3 is 1. The highest BCUT2D eigenvalue weighted by atomic mass is 16.5. The topological polar surface area (TPSA) is 21.7 Å². The first kappa shape index (κ1) is 13.2.